The lowest BCUT2D eigenvalue weighted by molar-refractivity contribution is -0.0432. The monoisotopic (exact) mass is 362 g/mol. The summed E-state index contributed by atoms with van der Waals surface area (Å²) in [5.74, 6) is 0.369. The zero-order chi connectivity index (χ0) is 17.6. The number of hydrogen-bond donors (Lipinski definition) is 3. The van der Waals surface area contributed by atoms with Crippen LogP contribution in [0.1, 0.15) is 23.1 Å². The highest BCUT2D eigenvalue weighted by molar-refractivity contribution is 7.46. The van der Waals surface area contributed by atoms with E-state index in [0.29, 0.717) is 18.2 Å². The number of hydrogen-bond acceptors (Lipinski definition) is 7. The van der Waals surface area contributed by atoms with Crippen molar-refractivity contribution in [1.29, 1.82) is 0 Å². The van der Waals surface area contributed by atoms with Gasteiger partial charge in [-0.2, -0.15) is 0 Å². The minimum Gasteiger partial charge on any atom is -0.390 e. The van der Waals surface area contributed by atoms with E-state index in [1.807, 2.05) is 4.90 Å². The molecule has 11 nitrogen and oxygen atoms in total. The first kappa shape index (κ1) is 17.3. The molecule has 3 heterocycles. The molecule has 2 aliphatic rings. The largest absolute Gasteiger partial charge is 0.469 e. The fraction of sp³-hybridized carbons (Fsp3) is 0.667. The van der Waals surface area contributed by atoms with Crippen molar-refractivity contribution >= 4 is 19.5 Å². The van der Waals surface area contributed by atoms with Crippen LogP contribution >= 0.6 is 7.82 Å². The van der Waals surface area contributed by atoms with Gasteiger partial charge in [-0.15, -0.1) is 0 Å². The average Bonchev–Trinajstić information content (AvgIpc) is 3.06. The number of ether oxygens (including phenoxy) is 1. The van der Waals surface area contributed by atoms with E-state index in [2.05, 4.69) is 9.51 Å². The van der Waals surface area contributed by atoms with Crippen molar-refractivity contribution in [2.75, 3.05) is 32.3 Å². The van der Waals surface area contributed by atoms with Crippen LogP contribution in [-0.2, 0) is 13.8 Å². The molecule has 24 heavy (non-hydrogen) atoms. The molecule has 0 spiro atoms. The maximum Gasteiger partial charge on any atom is 0.469 e. The third-order valence-corrected chi connectivity index (χ3v) is 4.51. The molecule has 1 saturated heterocycles. The Morgan fingerprint density at radius 2 is 2.12 bits per heavy atom. The van der Waals surface area contributed by atoms with Gasteiger partial charge in [-0.1, -0.05) is 0 Å². The number of aliphatic hydroxyl groups excluding tert-OH is 1. The summed E-state index contributed by atoms with van der Waals surface area (Å²) in [5, 5.41) is 10.0. The first-order chi connectivity index (χ1) is 11.2. The number of anilines is 1. The van der Waals surface area contributed by atoms with Crippen LogP contribution in [-0.4, -0.2) is 74.8 Å². The molecule has 1 fully saturated rings. The van der Waals surface area contributed by atoms with Crippen molar-refractivity contribution in [3.05, 3.63) is 12.0 Å². The number of phosphoric acid groups is 1. The Labute approximate surface area is 137 Å². The summed E-state index contributed by atoms with van der Waals surface area (Å²) in [6.45, 7) is -0.0477. The summed E-state index contributed by atoms with van der Waals surface area (Å²) in [6, 6.07) is 0. The number of rotatable bonds is 4. The molecule has 1 aromatic rings. The van der Waals surface area contributed by atoms with Crippen molar-refractivity contribution in [1.82, 2.24) is 14.5 Å². The van der Waals surface area contributed by atoms with Gasteiger partial charge in [0, 0.05) is 20.5 Å². The fourth-order valence-corrected chi connectivity index (χ4v) is 3.27. The van der Waals surface area contributed by atoms with Crippen LogP contribution < -0.4 is 4.90 Å². The number of carbonyl (C=O) groups is 1. The Kier molecular flexibility index (Phi) is 4.41. The molecule has 3 N–H and O–H groups in total. The molecule has 0 radical (unpaired) electrons. The maximum absolute atomic E-state index is 12.2. The predicted octanol–water partition coefficient (Wildman–Crippen LogP) is -0.880. The molecule has 0 unspecified atom stereocenters. The maximum atomic E-state index is 12.2. The molecule has 12 heteroatoms. The molecule has 0 saturated carbocycles. The summed E-state index contributed by atoms with van der Waals surface area (Å²) in [4.78, 5) is 37.1. The Morgan fingerprint density at radius 3 is 2.79 bits per heavy atom. The van der Waals surface area contributed by atoms with Crippen LogP contribution in [0.3, 0.4) is 0 Å². The summed E-state index contributed by atoms with van der Waals surface area (Å²) < 4.78 is 22.5. The standard InChI is InChI=1S/C12H19N4O7P/c1-14-6-15(2)12(18)10-11(14)16(5-13-10)9-3-7(17)8(23-9)4-22-24(19,20)21/h5,7-9,17H,3-4,6H2,1-2H3,(H2,19,20,21)/t7-,8+,9+/m0/s1. The second kappa shape index (κ2) is 6.10. The van der Waals surface area contributed by atoms with E-state index < -0.39 is 32.9 Å². The van der Waals surface area contributed by atoms with Crippen molar-refractivity contribution in [3.63, 3.8) is 0 Å². The molecule has 0 aromatic carbocycles. The number of amides is 1. The Hall–Kier alpha value is -1.49. The average molecular weight is 362 g/mol. The van der Waals surface area contributed by atoms with Crippen LogP contribution in [0.15, 0.2) is 6.33 Å². The molecular formula is C12H19N4O7P. The van der Waals surface area contributed by atoms with E-state index >= 15 is 0 Å². The minimum absolute atomic E-state index is 0.190. The number of fused-ring (bicyclic) bond motifs is 1. The lowest BCUT2D eigenvalue weighted by Crippen LogP contribution is -2.43. The first-order valence-electron chi connectivity index (χ1n) is 7.24. The van der Waals surface area contributed by atoms with Gasteiger partial charge in [-0.25, -0.2) is 9.55 Å². The lowest BCUT2D eigenvalue weighted by atomic mass is 10.2. The van der Waals surface area contributed by atoms with Gasteiger partial charge in [-0.3, -0.25) is 13.9 Å². The van der Waals surface area contributed by atoms with E-state index in [1.54, 1.807) is 18.7 Å². The van der Waals surface area contributed by atoms with Crippen molar-refractivity contribution < 1.29 is 33.5 Å². The van der Waals surface area contributed by atoms with Crippen LogP contribution in [0.4, 0.5) is 5.82 Å². The third kappa shape index (κ3) is 3.18. The molecule has 0 aliphatic carbocycles. The smallest absolute Gasteiger partial charge is 0.390 e. The molecule has 3 atom stereocenters. The van der Waals surface area contributed by atoms with Gasteiger partial charge < -0.3 is 29.4 Å². The van der Waals surface area contributed by atoms with Crippen LogP contribution in [0.25, 0.3) is 0 Å². The summed E-state index contributed by atoms with van der Waals surface area (Å²) in [7, 11) is -1.16. The number of phosphoric ester groups is 1. The summed E-state index contributed by atoms with van der Waals surface area (Å²) in [6.07, 6.45) is -0.794. The van der Waals surface area contributed by atoms with Crippen LogP contribution in [0.2, 0.25) is 0 Å². The van der Waals surface area contributed by atoms with Gasteiger partial charge in [0.25, 0.3) is 5.91 Å². The Balaban J connectivity index is 1.78. The predicted molar refractivity (Wildman–Crippen MR) is 80.1 cm³/mol. The van der Waals surface area contributed by atoms with Gasteiger partial charge in [0.15, 0.2) is 5.69 Å². The van der Waals surface area contributed by atoms with Gasteiger partial charge in [0.2, 0.25) is 0 Å². The fourth-order valence-electron chi connectivity index (χ4n) is 2.93. The number of aromatic nitrogens is 2. The highest BCUT2D eigenvalue weighted by atomic mass is 31.2. The molecule has 3 rings (SSSR count). The van der Waals surface area contributed by atoms with E-state index in [4.69, 9.17) is 14.5 Å². The topological polar surface area (TPSA) is 138 Å². The van der Waals surface area contributed by atoms with E-state index in [9.17, 15) is 14.5 Å². The Bertz CT molecular complexity index is 689. The van der Waals surface area contributed by atoms with Gasteiger partial charge in [0.1, 0.15) is 18.1 Å². The van der Waals surface area contributed by atoms with E-state index in [0.717, 1.165) is 0 Å². The second-order valence-electron chi connectivity index (χ2n) is 5.89. The van der Waals surface area contributed by atoms with E-state index in [-0.39, 0.29) is 12.3 Å². The zero-order valence-corrected chi connectivity index (χ0v) is 14.0. The van der Waals surface area contributed by atoms with Crippen molar-refractivity contribution in [2.24, 2.45) is 0 Å². The van der Waals surface area contributed by atoms with E-state index in [1.165, 1.54) is 11.2 Å². The zero-order valence-electron chi connectivity index (χ0n) is 13.1. The molecule has 2 aliphatic heterocycles. The molecule has 1 amide bonds. The van der Waals surface area contributed by atoms with Crippen molar-refractivity contribution in [3.8, 4) is 0 Å². The third-order valence-electron chi connectivity index (χ3n) is 4.02. The number of imidazole rings is 1. The van der Waals surface area contributed by atoms with Crippen molar-refractivity contribution in [2.45, 2.75) is 24.9 Å². The van der Waals surface area contributed by atoms with Gasteiger partial charge >= 0.3 is 7.82 Å². The number of nitrogens with zero attached hydrogens (tertiary/aromatic N) is 4. The highest BCUT2D eigenvalue weighted by Crippen LogP contribution is 2.39. The molecule has 1 aromatic heterocycles. The first-order valence-corrected chi connectivity index (χ1v) is 8.77. The highest BCUT2D eigenvalue weighted by Gasteiger charge is 2.39. The van der Waals surface area contributed by atoms with Gasteiger partial charge in [0.05, 0.1) is 25.7 Å². The normalized spacial score (nSPS) is 27.7. The summed E-state index contributed by atoms with van der Waals surface area (Å²) >= 11 is 0. The minimum atomic E-state index is -4.64. The van der Waals surface area contributed by atoms with Crippen LogP contribution in [0, 0.1) is 0 Å². The molecule has 0 bridgehead atoms. The quantitative estimate of drug-likeness (QED) is 0.583. The van der Waals surface area contributed by atoms with Gasteiger partial charge in [-0.05, 0) is 0 Å². The summed E-state index contributed by atoms with van der Waals surface area (Å²) in [5.41, 5.74) is 0.291. The van der Waals surface area contributed by atoms with Crippen LogP contribution in [0.5, 0.6) is 0 Å². The molecule has 134 valence electrons. The second-order valence-corrected chi connectivity index (χ2v) is 7.12. The number of aliphatic hydroxyl groups is 1. The SMILES string of the molecule is CN1CN(C)c2c(ncn2[C@H]2C[C@H](O)[C@@H](COP(=O)(O)O)O2)C1=O. The lowest BCUT2D eigenvalue weighted by Gasteiger charge is -2.32. The molecular weight excluding hydrogens is 343 g/mol. The Morgan fingerprint density at radius 1 is 1.42 bits per heavy atom. The number of carbonyl (C=O) groups excluding carboxylic acids is 1.